The van der Waals surface area contributed by atoms with E-state index in [9.17, 15) is 4.39 Å². The van der Waals surface area contributed by atoms with Gasteiger partial charge in [0.1, 0.15) is 29.2 Å². The minimum atomic E-state index is -0.288. The third kappa shape index (κ3) is 6.00. The predicted octanol–water partition coefficient (Wildman–Crippen LogP) is 2.88. The Balaban J connectivity index is 1.46. The first-order valence-corrected chi connectivity index (χ1v) is 9.86. The number of methoxy groups -OCH3 is 1. The van der Waals surface area contributed by atoms with Crippen molar-refractivity contribution in [1.29, 1.82) is 0 Å². The molecule has 1 unspecified atom stereocenters. The lowest BCUT2D eigenvalue weighted by Gasteiger charge is -2.21. The summed E-state index contributed by atoms with van der Waals surface area (Å²) >= 11 is 0. The van der Waals surface area contributed by atoms with E-state index in [1.807, 2.05) is 31.2 Å². The lowest BCUT2D eigenvalue weighted by molar-refractivity contribution is -0.0172. The first-order valence-electron chi connectivity index (χ1n) is 9.86. The molecule has 162 valence electrons. The van der Waals surface area contributed by atoms with Crippen molar-refractivity contribution in [3.63, 3.8) is 0 Å². The topological polar surface area (TPSA) is 73.3 Å². The van der Waals surface area contributed by atoms with Crippen LogP contribution in [0.2, 0.25) is 0 Å². The molecule has 1 atom stereocenters. The van der Waals surface area contributed by atoms with Crippen LogP contribution in [-0.4, -0.2) is 46.1 Å². The molecule has 0 aliphatic carbocycles. The Morgan fingerprint density at radius 2 is 2.07 bits per heavy atom. The largest absolute Gasteiger partial charge is 0.497 e. The Morgan fingerprint density at radius 1 is 1.23 bits per heavy atom. The smallest absolute Gasteiger partial charge is 0.191 e. The molecule has 0 saturated carbocycles. The van der Waals surface area contributed by atoms with Gasteiger partial charge in [-0.2, -0.15) is 0 Å². The fourth-order valence-corrected chi connectivity index (χ4v) is 3.17. The number of nitrogens with zero attached hydrogens (tertiary/aromatic N) is 1. The quantitative estimate of drug-likeness (QED) is 0.508. The van der Waals surface area contributed by atoms with E-state index in [1.54, 1.807) is 14.2 Å². The molecule has 2 aromatic rings. The van der Waals surface area contributed by atoms with Gasteiger partial charge in [0.05, 0.1) is 20.3 Å². The molecule has 30 heavy (non-hydrogen) atoms. The van der Waals surface area contributed by atoms with Gasteiger partial charge in [0.2, 0.25) is 0 Å². The molecule has 2 aromatic carbocycles. The van der Waals surface area contributed by atoms with Crippen molar-refractivity contribution in [2.45, 2.75) is 26.1 Å². The van der Waals surface area contributed by atoms with E-state index in [0.717, 1.165) is 22.6 Å². The van der Waals surface area contributed by atoms with Crippen molar-refractivity contribution in [2.24, 2.45) is 4.99 Å². The van der Waals surface area contributed by atoms with Gasteiger partial charge in [-0.05, 0) is 43.2 Å². The van der Waals surface area contributed by atoms with Crippen molar-refractivity contribution < 1.29 is 23.3 Å². The summed E-state index contributed by atoms with van der Waals surface area (Å²) in [5.41, 5.74) is 1.55. The van der Waals surface area contributed by atoms with Crippen LogP contribution in [-0.2, 0) is 17.8 Å². The summed E-state index contributed by atoms with van der Waals surface area (Å²) in [7, 11) is 3.33. The number of benzene rings is 2. The maximum atomic E-state index is 13.9. The Morgan fingerprint density at radius 3 is 2.87 bits per heavy atom. The highest BCUT2D eigenvalue weighted by Crippen LogP contribution is 2.29. The molecule has 1 aliphatic heterocycles. The summed E-state index contributed by atoms with van der Waals surface area (Å²) < 4.78 is 35.8. The van der Waals surface area contributed by atoms with Gasteiger partial charge in [-0.25, -0.2) is 4.39 Å². The Hall–Kier alpha value is -3.00. The van der Waals surface area contributed by atoms with Crippen molar-refractivity contribution in [3.05, 3.63) is 53.3 Å². The van der Waals surface area contributed by atoms with E-state index >= 15 is 0 Å². The molecule has 1 aliphatic rings. The molecule has 3 rings (SSSR count). The van der Waals surface area contributed by atoms with Crippen LogP contribution in [0.3, 0.4) is 0 Å². The summed E-state index contributed by atoms with van der Waals surface area (Å²) in [5, 5.41) is 6.47. The van der Waals surface area contributed by atoms with Crippen LogP contribution >= 0.6 is 0 Å². The van der Waals surface area contributed by atoms with Gasteiger partial charge in [-0.3, -0.25) is 4.99 Å². The number of fused-ring (bicyclic) bond motifs is 1. The fraction of sp³-hybridized carbons (Fsp3) is 0.409. The first-order chi connectivity index (χ1) is 14.6. The van der Waals surface area contributed by atoms with Gasteiger partial charge in [-0.15, -0.1) is 0 Å². The van der Waals surface area contributed by atoms with Crippen LogP contribution in [0.15, 0.2) is 41.4 Å². The van der Waals surface area contributed by atoms with Crippen LogP contribution in [0.5, 0.6) is 17.2 Å². The molecular weight excluding hydrogens is 389 g/mol. The molecule has 0 fully saturated rings. The van der Waals surface area contributed by atoms with Gasteiger partial charge >= 0.3 is 0 Å². The molecule has 0 bridgehead atoms. The van der Waals surface area contributed by atoms with Crippen LogP contribution in [0.4, 0.5) is 4.39 Å². The highest BCUT2D eigenvalue weighted by Gasteiger charge is 2.17. The first kappa shape index (κ1) is 21.7. The summed E-state index contributed by atoms with van der Waals surface area (Å²) in [4.78, 5) is 4.22. The zero-order valence-electron chi connectivity index (χ0n) is 17.5. The summed E-state index contributed by atoms with van der Waals surface area (Å²) in [5.74, 6) is 2.56. The van der Waals surface area contributed by atoms with Crippen molar-refractivity contribution in [2.75, 3.05) is 34.0 Å². The fourth-order valence-electron chi connectivity index (χ4n) is 3.17. The number of ether oxygens (including phenoxy) is 4. The highest BCUT2D eigenvalue weighted by atomic mass is 19.1. The third-order valence-corrected chi connectivity index (χ3v) is 4.60. The average molecular weight is 417 g/mol. The van der Waals surface area contributed by atoms with Crippen molar-refractivity contribution in [3.8, 4) is 17.2 Å². The Kier molecular flexibility index (Phi) is 7.73. The van der Waals surface area contributed by atoms with Gasteiger partial charge in [0.15, 0.2) is 12.8 Å². The van der Waals surface area contributed by atoms with Crippen LogP contribution in [0.25, 0.3) is 0 Å². The number of aliphatic imine (C=N–C) groups is 1. The molecule has 8 heteroatoms. The second-order valence-electron chi connectivity index (χ2n) is 6.90. The Bertz CT molecular complexity index is 875. The number of guanidine groups is 1. The minimum absolute atomic E-state index is 0.0840. The summed E-state index contributed by atoms with van der Waals surface area (Å²) in [6.45, 7) is 3.66. The molecule has 0 aromatic heterocycles. The summed E-state index contributed by atoms with van der Waals surface area (Å²) in [6.07, 6.45) is 0.510. The summed E-state index contributed by atoms with van der Waals surface area (Å²) in [6, 6.07) is 10.4. The highest BCUT2D eigenvalue weighted by molar-refractivity contribution is 5.79. The zero-order chi connectivity index (χ0) is 21.3. The number of halogens is 1. The second-order valence-corrected chi connectivity index (χ2v) is 6.90. The lowest BCUT2D eigenvalue weighted by Crippen LogP contribution is -2.42. The SMILES string of the molecule is CN=C(NCCc1cc(F)cc2c1OCOC2)NCC(C)Oc1cccc(OC)c1. The number of hydrogen-bond donors (Lipinski definition) is 2. The maximum Gasteiger partial charge on any atom is 0.191 e. The number of nitrogens with one attached hydrogen (secondary N) is 2. The molecule has 0 spiro atoms. The van der Waals surface area contributed by atoms with E-state index in [0.29, 0.717) is 37.8 Å². The van der Waals surface area contributed by atoms with Gasteiger partial charge in [0.25, 0.3) is 0 Å². The van der Waals surface area contributed by atoms with Crippen molar-refractivity contribution >= 4 is 5.96 Å². The third-order valence-electron chi connectivity index (χ3n) is 4.60. The standard InChI is InChI=1S/C22H28FN3O4/c1-15(30-20-6-4-5-19(11-20)27-3)12-26-22(24-2)25-8-7-16-9-18(23)10-17-13-28-14-29-21(16)17/h4-6,9-11,15H,7-8,12-14H2,1-3H3,(H2,24,25,26). The maximum absolute atomic E-state index is 13.9. The second kappa shape index (κ2) is 10.7. The van der Waals surface area contributed by atoms with E-state index < -0.39 is 0 Å². The lowest BCUT2D eigenvalue weighted by atomic mass is 10.1. The van der Waals surface area contributed by atoms with Gasteiger partial charge in [-0.1, -0.05) is 6.07 Å². The van der Waals surface area contributed by atoms with E-state index in [2.05, 4.69) is 15.6 Å². The average Bonchev–Trinajstić information content (AvgIpc) is 2.76. The molecule has 7 nitrogen and oxygen atoms in total. The normalized spacial score (nSPS) is 14.3. The molecule has 0 saturated heterocycles. The number of hydrogen-bond acceptors (Lipinski definition) is 5. The minimum Gasteiger partial charge on any atom is -0.497 e. The van der Waals surface area contributed by atoms with E-state index in [1.165, 1.54) is 12.1 Å². The zero-order valence-corrected chi connectivity index (χ0v) is 17.5. The number of rotatable bonds is 8. The molecule has 1 heterocycles. The van der Waals surface area contributed by atoms with Crippen LogP contribution in [0.1, 0.15) is 18.1 Å². The van der Waals surface area contributed by atoms with Gasteiger partial charge < -0.3 is 29.6 Å². The van der Waals surface area contributed by atoms with E-state index in [4.69, 9.17) is 18.9 Å². The Labute approximate surface area is 176 Å². The van der Waals surface area contributed by atoms with Crippen molar-refractivity contribution in [1.82, 2.24) is 10.6 Å². The van der Waals surface area contributed by atoms with E-state index in [-0.39, 0.29) is 18.7 Å². The molecule has 0 radical (unpaired) electrons. The molecular formula is C22H28FN3O4. The van der Waals surface area contributed by atoms with Crippen LogP contribution < -0.4 is 24.8 Å². The van der Waals surface area contributed by atoms with Gasteiger partial charge in [0, 0.05) is 25.2 Å². The predicted molar refractivity (Wildman–Crippen MR) is 113 cm³/mol. The molecule has 0 amide bonds. The van der Waals surface area contributed by atoms with Crippen LogP contribution in [0, 0.1) is 5.82 Å². The monoisotopic (exact) mass is 417 g/mol. The molecule has 2 N–H and O–H groups in total.